The van der Waals surface area contributed by atoms with Crippen molar-refractivity contribution in [3.63, 3.8) is 0 Å². The lowest BCUT2D eigenvalue weighted by atomic mass is 9.99. The van der Waals surface area contributed by atoms with E-state index in [0.717, 1.165) is 14.7 Å². The highest BCUT2D eigenvalue weighted by Gasteiger charge is 2.24. The van der Waals surface area contributed by atoms with E-state index < -0.39 is 0 Å². The molecule has 1 saturated heterocycles. The van der Waals surface area contributed by atoms with Gasteiger partial charge in [-0.1, -0.05) is 36.4 Å². The molecule has 0 spiro atoms. The normalized spacial score (nSPS) is 13.1. The summed E-state index contributed by atoms with van der Waals surface area (Å²) in [5.41, 5.74) is 19.6. The van der Waals surface area contributed by atoms with Crippen LogP contribution in [0.3, 0.4) is 0 Å². The van der Waals surface area contributed by atoms with Crippen LogP contribution in [0.2, 0.25) is 0 Å². The van der Waals surface area contributed by atoms with Gasteiger partial charge in [0.2, 0.25) is 5.91 Å². The largest absolute Gasteiger partial charge is 0.454 e. The zero-order valence-electron chi connectivity index (χ0n) is 21.6. The number of carbonyl (C=O) groups excluding carboxylic acids is 1. The summed E-state index contributed by atoms with van der Waals surface area (Å²) < 4.78 is 18.4. The van der Waals surface area contributed by atoms with Crippen LogP contribution in [-0.2, 0) is 9.53 Å². The first-order valence-electron chi connectivity index (χ1n) is 12.6. The Bertz CT molecular complexity index is 1430. The molecule has 0 aromatic heterocycles. The Balaban J connectivity index is 0.000000201. The number of halogens is 2. The molecular formula is C30H30Br2N4O4. The molecule has 1 aliphatic heterocycles. The number of ether oxygens (including phenoxy) is 3. The van der Waals surface area contributed by atoms with Crippen LogP contribution in [0.1, 0.15) is 12.8 Å². The van der Waals surface area contributed by atoms with Gasteiger partial charge in [-0.15, -0.1) is 0 Å². The molecule has 10 heteroatoms. The number of hydrogen-bond donors (Lipinski definition) is 4. The number of para-hydroxylation sites is 2. The highest BCUT2D eigenvalue weighted by molar-refractivity contribution is 9.11. The number of nitrogen functional groups attached to an aromatic ring is 3. The lowest BCUT2D eigenvalue weighted by Crippen LogP contribution is -2.29. The van der Waals surface area contributed by atoms with E-state index in [9.17, 15) is 4.79 Å². The topological polar surface area (TPSA) is 135 Å². The minimum absolute atomic E-state index is 0.0546. The summed E-state index contributed by atoms with van der Waals surface area (Å²) in [7, 11) is 0. The molecule has 7 N–H and O–H groups in total. The number of carbonyl (C=O) groups is 1. The molecule has 1 fully saturated rings. The first kappa shape index (κ1) is 29.3. The fourth-order valence-corrected chi connectivity index (χ4v) is 4.73. The van der Waals surface area contributed by atoms with Gasteiger partial charge >= 0.3 is 0 Å². The van der Waals surface area contributed by atoms with Crippen molar-refractivity contribution in [3.05, 3.63) is 93.9 Å². The molecule has 1 aliphatic rings. The van der Waals surface area contributed by atoms with E-state index in [-0.39, 0.29) is 11.8 Å². The number of rotatable bonds is 6. The lowest BCUT2D eigenvalue weighted by molar-refractivity contribution is -0.122. The Morgan fingerprint density at radius 3 is 1.80 bits per heavy atom. The molecule has 8 nitrogen and oxygen atoms in total. The van der Waals surface area contributed by atoms with E-state index in [1.807, 2.05) is 66.7 Å². The van der Waals surface area contributed by atoms with Gasteiger partial charge in [0.15, 0.2) is 11.5 Å². The van der Waals surface area contributed by atoms with Crippen molar-refractivity contribution in [1.82, 2.24) is 0 Å². The number of nitrogens with two attached hydrogens (primary N) is 3. The zero-order chi connectivity index (χ0) is 28.5. The van der Waals surface area contributed by atoms with Crippen LogP contribution < -0.4 is 32.0 Å². The highest BCUT2D eigenvalue weighted by Crippen LogP contribution is 2.41. The van der Waals surface area contributed by atoms with Gasteiger partial charge < -0.3 is 36.7 Å². The van der Waals surface area contributed by atoms with Crippen LogP contribution in [0.5, 0.6) is 23.0 Å². The van der Waals surface area contributed by atoms with Crippen LogP contribution in [0.25, 0.3) is 0 Å². The second kappa shape index (κ2) is 14.1. The van der Waals surface area contributed by atoms with Crippen LogP contribution in [0, 0.1) is 5.92 Å². The maximum absolute atomic E-state index is 12.5. The van der Waals surface area contributed by atoms with E-state index in [1.54, 1.807) is 18.2 Å². The van der Waals surface area contributed by atoms with E-state index in [1.165, 1.54) is 0 Å². The molecule has 1 heterocycles. The maximum Gasteiger partial charge on any atom is 0.227 e. The van der Waals surface area contributed by atoms with Gasteiger partial charge in [-0.05, 0) is 93.2 Å². The van der Waals surface area contributed by atoms with E-state index in [2.05, 4.69) is 37.2 Å². The van der Waals surface area contributed by atoms with Crippen LogP contribution >= 0.6 is 31.9 Å². The minimum Gasteiger partial charge on any atom is -0.454 e. The Hall–Kier alpha value is -3.73. The number of hydrogen-bond acceptors (Lipinski definition) is 7. The second-order valence-electron chi connectivity index (χ2n) is 8.93. The average Bonchev–Trinajstić information content (AvgIpc) is 2.99. The number of benzene rings is 4. The zero-order valence-corrected chi connectivity index (χ0v) is 24.8. The average molecular weight is 670 g/mol. The van der Waals surface area contributed by atoms with Crippen molar-refractivity contribution in [1.29, 1.82) is 0 Å². The first-order chi connectivity index (χ1) is 19.3. The summed E-state index contributed by atoms with van der Waals surface area (Å²) in [5.74, 6) is 2.32. The minimum atomic E-state index is -0.0679. The summed E-state index contributed by atoms with van der Waals surface area (Å²) in [6.07, 6.45) is 1.43. The number of anilines is 4. The molecule has 0 aliphatic carbocycles. The Morgan fingerprint density at radius 1 is 0.725 bits per heavy atom. The van der Waals surface area contributed by atoms with Crippen molar-refractivity contribution in [2.24, 2.45) is 5.92 Å². The van der Waals surface area contributed by atoms with Gasteiger partial charge in [0.1, 0.15) is 17.2 Å². The van der Waals surface area contributed by atoms with Crippen molar-refractivity contribution >= 4 is 60.5 Å². The fourth-order valence-electron chi connectivity index (χ4n) is 3.89. The van der Waals surface area contributed by atoms with E-state index in [4.69, 9.17) is 31.4 Å². The van der Waals surface area contributed by atoms with Crippen LogP contribution in [-0.4, -0.2) is 19.1 Å². The van der Waals surface area contributed by atoms with E-state index >= 15 is 0 Å². The van der Waals surface area contributed by atoms with Crippen molar-refractivity contribution in [2.75, 3.05) is 35.7 Å². The molecule has 40 heavy (non-hydrogen) atoms. The molecule has 4 aromatic rings. The molecule has 1 amide bonds. The Labute approximate surface area is 250 Å². The molecule has 208 valence electrons. The molecule has 0 unspecified atom stereocenters. The van der Waals surface area contributed by atoms with Gasteiger partial charge in [-0.2, -0.15) is 0 Å². The fraction of sp³-hybridized carbons (Fsp3) is 0.167. The Kier molecular flexibility index (Phi) is 10.3. The third-order valence-electron chi connectivity index (χ3n) is 6.09. The Morgan fingerprint density at radius 2 is 1.23 bits per heavy atom. The van der Waals surface area contributed by atoms with Crippen LogP contribution in [0.4, 0.5) is 22.7 Å². The molecular weight excluding hydrogens is 640 g/mol. The monoisotopic (exact) mass is 668 g/mol. The smallest absolute Gasteiger partial charge is 0.227 e. The summed E-state index contributed by atoms with van der Waals surface area (Å²) in [6, 6.07) is 25.9. The third kappa shape index (κ3) is 7.68. The molecule has 0 saturated carbocycles. The van der Waals surface area contributed by atoms with Gasteiger partial charge in [0, 0.05) is 19.1 Å². The third-order valence-corrected chi connectivity index (χ3v) is 7.34. The predicted molar refractivity (Wildman–Crippen MR) is 167 cm³/mol. The van der Waals surface area contributed by atoms with Crippen molar-refractivity contribution < 1.29 is 19.0 Å². The number of nitrogens with one attached hydrogen (secondary N) is 1. The highest BCUT2D eigenvalue weighted by atomic mass is 79.9. The van der Waals surface area contributed by atoms with Gasteiger partial charge in [-0.25, -0.2) is 0 Å². The summed E-state index contributed by atoms with van der Waals surface area (Å²) in [5, 5.41) is 2.94. The van der Waals surface area contributed by atoms with Gasteiger partial charge in [0.25, 0.3) is 0 Å². The van der Waals surface area contributed by atoms with Crippen LogP contribution in [0.15, 0.2) is 93.9 Å². The SMILES string of the molecule is Nc1ccc(Br)c(Oc2ccccc2)c1N.Nc1ccc(Br)c(Oc2ccccc2)c1NC(=O)C1CCOCC1. The van der Waals surface area contributed by atoms with Crippen molar-refractivity contribution in [2.45, 2.75) is 12.8 Å². The lowest BCUT2D eigenvalue weighted by Gasteiger charge is -2.23. The summed E-state index contributed by atoms with van der Waals surface area (Å²) in [6.45, 7) is 1.22. The predicted octanol–water partition coefficient (Wildman–Crippen LogP) is 7.59. The maximum atomic E-state index is 12.5. The molecule has 0 bridgehead atoms. The quantitative estimate of drug-likeness (QED) is 0.155. The van der Waals surface area contributed by atoms with Gasteiger partial charge in [-0.3, -0.25) is 4.79 Å². The van der Waals surface area contributed by atoms with Gasteiger partial charge in [0.05, 0.1) is 26.0 Å². The second-order valence-corrected chi connectivity index (χ2v) is 10.6. The molecule has 0 atom stereocenters. The van der Waals surface area contributed by atoms with E-state index in [0.29, 0.717) is 66.1 Å². The standard InChI is InChI=1S/C18H19BrN2O3.C12H11BrN2O/c19-14-6-7-15(20)16(17(14)24-13-4-2-1-3-5-13)21-18(22)12-8-10-23-11-9-12;13-9-6-7-10(14)11(15)12(9)16-8-4-2-1-3-5-8/h1-7,12H,8-11,20H2,(H,21,22);1-7H,14-15H2. The summed E-state index contributed by atoms with van der Waals surface area (Å²) in [4.78, 5) is 12.5. The summed E-state index contributed by atoms with van der Waals surface area (Å²) >= 11 is 6.85. The van der Waals surface area contributed by atoms with Crippen molar-refractivity contribution in [3.8, 4) is 23.0 Å². The molecule has 5 rings (SSSR count). The first-order valence-corrected chi connectivity index (χ1v) is 14.2. The number of amides is 1. The molecule has 4 aromatic carbocycles. The molecule has 0 radical (unpaired) electrons.